The Balaban J connectivity index is 3.23. The topological polar surface area (TPSA) is 96.2 Å². The number of hydrogen-bond donors (Lipinski definition) is 3. The maximum atomic E-state index is 11.2. The van der Waals surface area contributed by atoms with Crippen LogP contribution in [-0.4, -0.2) is 34.5 Å². The van der Waals surface area contributed by atoms with Crippen LogP contribution in [0.2, 0.25) is 0 Å². The molecule has 0 atom stereocenters. The third kappa shape index (κ3) is 4.11. The summed E-state index contributed by atoms with van der Waals surface area (Å²) >= 11 is 0. The van der Waals surface area contributed by atoms with E-state index in [1.165, 1.54) is 12.1 Å². The van der Waals surface area contributed by atoms with Gasteiger partial charge in [0.1, 0.15) is 17.1 Å². The lowest BCUT2D eigenvalue weighted by atomic mass is 10.1. The van der Waals surface area contributed by atoms with Gasteiger partial charge in [-0.2, -0.15) is 0 Å². The lowest BCUT2D eigenvalue weighted by Crippen LogP contribution is -2.09. The molecule has 0 amide bonds. The zero-order valence-electron chi connectivity index (χ0n) is 11.6. The Morgan fingerprint density at radius 2 is 1.65 bits per heavy atom. The van der Waals surface area contributed by atoms with Gasteiger partial charge in [0.2, 0.25) is 0 Å². The average Bonchev–Trinajstić information content (AvgIpc) is 2.42. The summed E-state index contributed by atoms with van der Waals surface area (Å²) in [6, 6.07) is 2.56. The summed E-state index contributed by atoms with van der Waals surface area (Å²) in [5.74, 6) is -0.911. The van der Waals surface area contributed by atoms with Crippen molar-refractivity contribution < 1.29 is 29.6 Å². The zero-order chi connectivity index (χ0) is 15.1. The Kier molecular flexibility index (Phi) is 6.27. The number of ether oxygens (including phenoxy) is 2. The second kappa shape index (κ2) is 7.72. The van der Waals surface area contributed by atoms with Gasteiger partial charge in [-0.15, -0.1) is 0 Å². The first-order valence-corrected chi connectivity index (χ1v) is 6.54. The largest absolute Gasteiger partial charge is 0.493 e. The van der Waals surface area contributed by atoms with Crippen molar-refractivity contribution in [3.63, 3.8) is 0 Å². The molecule has 1 aromatic rings. The molecule has 0 aliphatic rings. The molecule has 0 saturated heterocycles. The molecule has 0 bridgehead atoms. The van der Waals surface area contributed by atoms with Gasteiger partial charge >= 0.3 is 5.97 Å². The van der Waals surface area contributed by atoms with Gasteiger partial charge in [0.05, 0.1) is 18.8 Å². The maximum absolute atomic E-state index is 11.2. The Hall–Kier alpha value is -1.79. The molecule has 0 saturated carbocycles. The molecule has 1 rings (SSSR count). The molecule has 0 heterocycles. The molecule has 0 aromatic heterocycles. The first kappa shape index (κ1) is 16.3. The van der Waals surface area contributed by atoms with Crippen molar-refractivity contribution in [3.8, 4) is 11.5 Å². The Bertz CT molecular complexity index is 455. The second-order valence-electron chi connectivity index (χ2n) is 4.26. The van der Waals surface area contributed by atoms with Gasteiger partial charge < -0.3 is 24.8 Å². The molecule has 0 aliphatic heterocycles. The minimum absolute atomic E-state index is 0.0612. The number of hydrogen-bond acceptors (Lipinski definition) is 5. The van der Waals surface area contributed by atoms with E-state index in [4.69, 9.17) is 9.47 Å². The molecule has 0 fully saturated rings. The van der Waals surface area contributed by atoms with Crippen molar-refractivity contribution in [1.29, 1.82) is 0 Å². The summed E-state index contributed by atoms with van der Waals surface area (Å²) in [4.78, 5) is 11.2. The van der Waals surface area contributed by atoms with Crippen LogP contribution in [0.5, 0.6) is 11.5 Å². The van der Waals surface area contributed by atoms with E-state index in [1.807, 2.05) is 13.8 Å². The number of carboxylic acids is 1. The van der Waals surface area contributed by atoms with Gasteiger partial charge in [-0.1, -0.05) is 13.8 Å². The van der Waals surface area contributed by atoms with E-state index in [0.29, 0.717) is 19.6 Å². The van der Waals surface area contributed by atoms with E-state index >= 15 is 0 Å². The molecule has 3 N–H and O–H groups in total. The van der Waals surface area contributed by atoms with Crippen LogP contribution in [0.15, 0.2) is 12.1 Å². The van der Waals surface area contributed by atoms with Gasteiger partial charge in [0, 0.05) is 0 Å². The third-order valence-corrected chi connectivity index (χ3v) is 2.54. The van der Waals surface area contributed by atoms with E-state index in [0.717, 1.165) is 6.42 Å². The van der Waals surface area contributed by atoms with Crippen molar-refractivity contribution in [1.82, 2.24) is 0 Å². The van der Waals surface area contributed by atoms with Crippen LogP contribution < -0.4 is 9.47 Å². The molecule has 6 nitrogen and oxygen atoms in total. The molecule has 0 radical (unpaired) electrons. The summed E-state index contributed by atoms with van der Waals surface area (Å²) in [5.41, 5.74) is 0.0310. The van der Waals surface area contributed by atoms with Crippen molar-refractivity contribution in [2.24, 2.45) is 0 Å². The summed E-state index contributed by atoms with van der Waals surface area (Å²) in [6.45, 7) is 4.48. The summed E-state index contributed by atoms with van der Waals surface area (Å²) in [7, 11) is 0. The van der Waals surface area contributed by atoms with Gasteiger partial charge in [0.25, 0.3) is 0 Å². The first-order valence-electron chi connectivity index (χ1n) is 6.54. The van der Waals surface area contributed by atoms with E-state index in [-0.39, 0.29) is 22.6 Å². The van der Waals surface area contributed by atoms with Crippen molar-refractivity contribution >= 4 is 5.97 Å². The third-order valence-electron chi connectivity index (χ3n) is 2.54. The summed E-state index contributed by atoms with van der Waals surface area (Å²) < 4.78 is 10.7. The molecule has 0 spiro atoms. The van der Waals surface area contributed by atoms with Crippen LogP contribution >= 0.6 is 0 Å². The average molecular weight is 284 g/mol. The summed E-state index contributed by atoms with van der Waals surface area (Å²) in [6.07, 6.45) is -0.324. The Morgan fingerprint density at radius 1 is 1.10 bits per heavy atom. The molecule has 1 aromatic carbocycles. The maximum Gasteiger partial charge on any atom is 0.339 e. The molecule has 0 aliphatic carbocycles. The minimum Gasteiger partial charge on any atom is -0.493 e. The molecular formula is C14H20O6. The number of rotatable bonds is 8. The fourth-order valence-electron chi connectivity index (χ4n) is 1.61. The smallest absolute Gasteiger partial charge is 0.339 e. The zero-order valence-corrected chi connectivity index (χ0v) is 11.6. The first-order chi connectivity index (χ1) is 9.51. The van der Waals surface area contributed by atoms with Gasteiger partial charge in [-0.05, 0) is 25.0 Å². The van der Waals surface area contributed by atoms with E-state index in [9.17, 15) is 20.1 Å². The van der Waals surface area contributed by atoms with Gasteiger partial charge in [-0.3, -0.25) is 0 Å². The summed E-state index contributed by atoms with van der Waals surface area (Å²) in [5, 5.41) is 27.9. The Labute approximate surface area is 117 Å². The van der Waals surface area contributed by atoms with E-state index < -0.39 is 12.3 Å². The monoisotopic (exact) mass is 284 g/mol. The SMILES string of the molecule is CCCOc1cc(C(O)O)c(OCCC)cc1C(=O)O. The number of carbonyl (C=O) groups is 1. The van der Waals surface area contributed by atoms with E-state index in [2.05, 4.69) is 0 Å². The highest BCUT2D eigenvalue weighted by atomic mass is 16.5. The molecule has 6 heteroatoms. The lowest BCUT2D eigenvalue weighted by molar-refractivity contribution is -0.0444. The van der Waals surface area contributed by atoms with Gasteiger partial charge in [0.15, 0.2) is 6.29 Å². The van der Waals surface area contributed by atoms with Crippen LogP contribution in [0.1, 0.15) is 48.9 Å². The van der Waals surface area contributed by atoms with Gasteiger partial charge in [-0.25, -0.2) is 4.79 Å². The van der Waals surface area contributed by atoms with Crippen LogP contribution in [0.3, 0.4) is 0 Å². The number of aliphatic hydroxyl groups is 2. The number of aromatic carboxylic acids is 1. The highest BCUT2D eigenvalue weighted by Crippen LogP contribution is 2.32. The van der Waals surface area contributed by atoms with Crippen LogP contribution in [0.4, 0.5) is 0 Å². The number of aliphatic hydroxyl groups excluding tert-OH is 1. The lowest BCUT2D eigenvalue weighted by Gasteiger charge is -2.16. The highest BCUT2D eigenvalue weighted by Gasteiger charge is 2.20. The Morgan fingerprint density at radius 3 is 2.10 bits per heavy atom. The molecule has 20 heavy (non-hydrogen) atoms. The fraction of sp³-hybridized carbons (Fsp3) is 0.500. The predicted octanol–water partition coefficient (Wildman–Crippen LogP) is 1.95. The highest BCUT2D eigenvalue weighted by molar-refractivity contribution is 5.91. The quantitative estimate of drug-likeness (QED) is 0.631. The molecule has 0 unspecified atom stereocenters. The normalized spacial score (nSPS) is 10.7. The second-order valence-corrected chi connectivity index (χ2v) is 4.26. The van der Waals surface area contributed by atoms with E-state index in [1.54, 1.807) is 0 Å². The number of carboxylic acid groups (broad SMARTS) is 1. The molecular weight excluding hydrogens is 264 g/mol. The standard InChI is InChI=1S/C14H20O6/c1-3-5-19-11-7-10(14(17)18)12(20-6-4-2)8-9(11)13(15)16/h7-8,13,15-16H,3-6H2,1-2H3,(H,17,18). The van der Waals surface area contributed by atoms with Crippen LogP contribution in [0.25, 0.3) is 0 Å². The predicted molar refractivity (Wildman–Crippen MR) is 72.2 cm³/mol. The number of benzene rings is 1. The van der Waals surface area contributed by atoms with Crippen LogP contribution in [0, 0.1) is 0 Å². The van der Waals surface area contributed by atoms with Crippen molar-refractivity contribution in [2.75, 3.05) is 13.2 Å². The minimum atomic E-state index is -1.76. The van der Waals surface area contributed by atoms with Crippen molar-refractivity contribution in [2.45, 2.75) is 33.0 Å². The van der Waals surface area contributed by atoms with Crippen LogP contribution in [-0.2, 0) is 0 Å². The fourth-order valence-corrected chi connectivity index (χ4v) is 1.61. The van der Waals surface area contributed by atoms with Crippen molar-refractivity contribution in [3.05, 3.63) is 23.3 Å². The molecule has 112 valence electrons.